The van der Waals surface area contributed by atoms with Crippen molar-refractivity contribution in [1.82, 2.24) is 13.7 Å². The first-order chi connectivity index (χ1) is 47.0. The molecule has 0 aliphatic carbocycles. The van der Waals surface area contributed by atoms with Crippen molar-refractivity contribution in [2.24, 2.45) is 0 Å². The molecule has 17 aromatic rings. The molecule has 0 amide bonds. The second-order valence-electron chi connectivity index (χ2n) is 23.3. The van der Waals surface area contributed by atoms with Gasteiger partial charge in [0.25, 0.3) is 0 Å². The van der Waals surface area contributed by atoms with Crippen molar-refractivity contribution >= 4 is 114 Å². The minimum Gasteiger partial charge on any atom is -0.310 e. The molecule has 0 spiro atoms. The molecule has 0 atom stereocenters. The Kier molecular flexibility index (Phi) is 18.3. The fourth-order valence-electron chi connectivity index (χ4n) is 13.9. The molecule has 0 saturated heterocycles. The van der Waals surface area contributed by atoms with E-state index in [0.29, 0.717) is 0 Å². The molecule has 95 heavy (non-hydrogen) atoms. The fourth-order valence-corrected chi connectivity index (χ4v) is 13.9. The highest BCUT2D eigenvalue weighted by Crippen LogP contribution is 2.48. The Bertz CT molecular complexity index is 5580. The largest absolute Gasteiger partial charge is 0.310 e. The number of allylic oxidation sites excluding steroid dienone is 10. The Morgan fingerprint density at radius 3 is 1.12 bits per heavy atom. The summed E-state index contributed by atoms with van der Waals surface area (Å²) in [5.41, 5.74) is 18.1. The highest BCUT2D eigenvalue weighted by Gasteiger charge is 2.21. The lowest BCUT2D eigenvalue weighted by atomic mass is 9.83. The molecule has 3 heteroatoms. The summed E-state index contributed by atoms with van der Waals surface area (Å²) >= 11 is 0. The zero-order chi connectivity index (χ0) is 65.4. The molecule has 0 fully saturated rings. The number of hydrogen-bond acceptors (Lipinski definition) is 0. The molecule has 14 aromatic carbocycles. The van der Waals surface area contributed by atoms with Crippen LogP contribution in [0.4, 0.5) is 0 Å². The molecule has 0 bridgehead atoms. The molecule has 0 unspecified atom stereocenters. The molecule has 3 nitrogen and oxygen atoms in total. The quantitative estimate of drug-likeness (QED) is 0.101. The lowest BCUT2D eigenvalue weighted by Gasteiger charge is -2.20. The summed E-state index contributed by atoms with van der Waals surface area (Å²) in [5.74, 6) is 0. The summed E-state index contributed by atoms with van der Waals surface area (Å²) in [5, 5.41) is 17.8. The van der Waals surface area contributed by atoms with E-state index in [1.165, 1.54) is 142 Å². The van der Waals surface area contributed by atoms with E-state index in [1.807, 2.05) is 84.1 Å². The van der Waals surface area contributed by atoms with Gasteiger partial charge in [0, 0.05) is 49.4 Å². The fraction of sp³-hybridized carbons (Fsp3) is 0.0652. The summed E-state index contributed by atoms with van der Waals surface area (Å²) in [6.07, 6.45) is 17.6. The van der Waals surface area contributed by atoms with Crippen molar-refractivity contribution in [2.75, 3.05) is 0 Å². The maximum absolute atomic E-state index is 3.91. The van der Waals surface area contributed by atoms with E-state index in [1.54, 1.807) is 6.08 Å². The molecule has 3 aromatic heterocycles. The maximum atomic E-state index is 3.91. The Labute approximate surface area is 557 Å². The molecular formula is C92H77N3. The molecule has 3 heterocycles. The van der Waals surface area contributed by atoms with Gasteiger partial charge in [0.1, 0.15) is 0 Å². The zero-order valence-corrected chi connectivity index (χ0v) is 55.0. The number of rotatable bonds is 9. The van der Waals surface area contributed by atoms with Crippen molar-refractivity contribution in [2.45, 2.75) is 41.5 Å². The number of benzene rings is 14. The van der Waals surface area contributed by atoms with Crippen LogP contribution < -0.4 is 0 Å². The summed E-state index contributed by atoms with van der Waals surface area (Å²) in [4.78, 5) is 0. The van der Waals surface area contributed by atoms with Gasteiger partial charge in [0.15, 0.2) is 0 Å². The van der Waals surface area contributed by atoms with E-state index in [4.69, 9.17) is 0 Å². The Morgan fingerprint density at radius 2 is 0.674 bits per heavy atom. The van der Waals surface area contributed by atoms with Crippen LogP contribution in [0.25, 0.3) is 159 Å². The van der Waals surface area contributed by atoms with Crippen molar-refractivity contribution in [3.63, 3.8) is 0 Å². The molecule has 0 saturated carbocycles. The first-order valence-electron chi connectivity index (χ1n) is 33.1. The maximum Gasteiger partial charge on any atom is 0.0541 e. The first kappa shape index (κ1) is 62.0. The average Bonchev–Trinajstić information content (AvgIpc) is 1.47. The highest BCUT2D eigenvalue weighted by molar-refractivity contribution is 6.30. The van der Waals surface area contributed by atoms with Crippen LogP contribution in [-0.2, 0) is 0 Å². The second-order valence-corrected chi connectivity index (χ2v) is 23.3. The minimum atomic E-state index is 1.12. The van der Waals surface area contributed by atoms with Crippen LogP contribution in [0.1, 0.15) is 41.5 Å². The molecular weight excluding hydrogens is 1150 g/mol. The third-order valence-electron chi connectivity index (χ3n) is 18.1. The van der Waals surface area contributed by atoms with E-state index in [0.717, 1.165) is 17.1 Å². The van der Waals surface area contributed by atoms with Gasteiger partial charge >= 0.3 is 0 Å². The summed E-state index contributed by atoms with van der Waals surface area (Å²) in [6, 6.07) is 102. The van der Waals surface area contributed by atoms with Crippen molar-refractivity contribution in [1.29, 1.82) is 0 Å². The van der Waals surface area contributed by atoms with Gasteiger partial charge in [-0.25, -0.2) is 0 Å². The normalized spacial score (nSPS) is 11.7. The number of para-hydroxylation sites is 6. The highest BCUT2D eigenvalue weighted by atomic mass is 15.0. The molecule has 0 aliphatic rings. The number of aromatic nitrogens is 3. The van der Waals surface area contributed by atoms with Crippen LogP contribution in [0.2, 0.25) is 0 Å². The zero-order valence-electron chi connectivity index (χ0n) is 55.0. The van der Waals surface area contributed by atoms with Gasteiger partial charge in [0.05, 0.1) is 33.1 Å². The average molecular weight is 1220 g/mol. The molecule has 17 rings (SSSR count). The van der Waals surface area contributed by atoms with Crippen LogP contribution in [0.15, 0.2) is 347 Å². The Hall–Kier alpha value is -11.8. The Morgan fingerprint density at radius 1 is 0.295 bits per heavy atom. The monoisotopic (exact) mass is 1220 g/mol. The van der Waals surface area contributed by atoms with Gasteiger partial charge in [-0.2, -0.15) is 0 Å². The number of hydrogen-bond donors (Lipinski definition) is 0. The van der Waals surface area contributed by atoms with Gasteiger partial charge < -0.3 is 13.7 Å². The minimum absolute atomic E-state index is 1.12. The standard InChI is InChI=1S/C62H38N2.C17H15N.C6H10.C5H8.C2H6/c1-2-14-45-39(12-1)13-11-19-47(45)56-38-55(41-26-32-44(33-27-41)64-59-22-9-5-17-50(59)51-18-6-10-23-60(51)64)53-35-29-42-28-34-46(52-36-37-54(56)62(53)61(42)52)40-24-30-43(31-25-40)63-57-20-7-3-15-48(57)49-16-4-8-21-58(49)63;1-3-13(4-2)18-16-11-7-5-9-14(16)15-10-6-8-12-17(15)18;1-3-5-6-4-2;1-3-5-4-2;1-2/h1-38H;3-12H,1H2,2H3;3-6H,1-2H3;3-5H,1H2,2H3;1-2H3/b;13-4+;5-3-,6-4-;5-4-;. The van der Waals surface area contributed by atoms with Crippen molar-refractivity contribution < 1.29 is 0 Å². The summed E-state index contributed by atoms with van der Waals surface area (Å²) in [6.45, 7) is 19.4. The number of nitrogens with zero attached hydrogens (tertiary/aromatic N) is 3. The van der Waals surface area contributed by atoms with E-state index < -0.39 is 0 Å². The molecule has 0 N–H and O–H groups in total. The van der Waals surface area contributed by atoms with Crippen LogP contribution in [0, 0.1) is 0 Å². The summed E-state index contributed by atoms with van der Waals surface area (Å²) < 4.78 is 7.05. The molecule has 0 aliphatic heterocycles. The van der Waals surface area contributed by atoms with E-state index in [9.17, 15) is 0 Å². The van der Waals surface area contributed by atoms with Gasteiger partial charge in [-0.1, -0.05) is 288 Å². The molecule has 460 valence electrons. The van der Waals surface area contributed by atoms with Gasteiger partial charge in [0.2, 0.25) is 0 Å². The second kappa shape index (κ2) is 28.0. The lowest BCUT2D eigenvalue weighted by Crippen LogP contribution is -1.95. The van der Waals surface area contributed by atoms with Crippen molar-refractivity contribution in [3.05, 3.63) is 347 Å². The predicted molar refractivity (Wildman–Crippen MR) is 418 cm³/mol. The van der Waals surface area contributed by atoms with Gasteiger partial charge in [-0.3, -0.25) is 0 Å². The third-order valence-corrected chi connectivity index (χ3v) is 18.1. The van der Waals surface area contributed by atoms with Crippen molar-refractivity contribution in [3.8, 4) is 44.8 Å². The van der Waals surface area contributed by atoms with E-state index in [-0.39, 0.29) is 0 Å². The first-order valence-corrected chi connectivity index (χ1v) is 33.1. The van der Waals surface area contributed by atoms with Gasteiger partial charge in [-0.15, -0.1) is 0 Å². The predicted octanol–water partition coefficient (Wildman–Crippen LogP) is 26.7. The van der Waals surface area contributed by atoms with Crippen LogP contribution >= 0.6 is 0 Å². The van der Waals surface area contributed by atoms with E-state index in [2.05, 4.69) is 312 Å². The van der Waals surface area contributed by atoms with Gasteiger partial charge in [-0.05, 0) is 177 Å². The number of fused-ring (bicyclic) bond motifs is 10. The third kappa shape index (κ3) is 11.4. The topological polar surface area (TPSA) is 14.8 Å². The summed E-state index contributed by atoms with van der Waals surface area (Å²) in [7, 11) is 0. The SMILES string of the molecule is C/C=C\C=C/C.C=C/C(=C\C)n1c2ccccc2c2ccccc21.C=C/C=C\C.CC.c1ccc2c(-c3cc(-c4ccc(-n5c6ccccc6c6ccccc65)cc4)c4ccc5ccc(-c6ccc(-n7c8ccccc8c8ccccc87)cc6)c6ccc3c4c56)cccc2c1. The smallest absolute Gasteiger partial charge is 0.0541 e. The van der Waals surface area contributed by atoms with E-state index >= 15 is 0 Å². The van der Waals surface area contributed by atoms with Crippen LogP contribution in [-0.4, -0.2) is 13.7 Å². The van der Waals surface area contributed by atoms with Crippen LogP contribution in [0.3, 0.4) is 0 Å². The Balaban J connectivity index is 0.000000218. The lowest BCUT2D eigenvalue weighted by molar-refractivity contribution is 1.18. The molecule has 0 radical (unpaired) electrons. The van der Waals surface area contributed by atoms with Crippen LogP contribution in [0.5, 0.6) is 0 Å².